The third-order valence-electron chi connectivity index (χ3n) is 2.12. The van der Waals surface area contributed by atoms with Crippen molar-refractivity contribution in [3.8, 4) is 17.4 Å². The standard InChI is InChI=1S/C12H11BrN2O2/c1-16-11-7-8(14)4-5-10(11)17-12-9(13)3-2-6-15-12/h2-7H,14H2,1H3. The Hall–Kier alpha value is -1.75. The van der Waals surface area contributed by atoms with Crippen molar-refractivity contribution in [1.82, 2.24) is 4.98 Å². The quantitative estimate of drug-likeness (QED) is 0.883. The Morgan fingerprint density at radius 1 is 1.24 bits per heavy atom. The first-order valence-corrected chi connectivity index (χ1v) is 5.72. The fraction of sp³-hybridized carbons (Fsp3) is 0.0833. The monoisotopic (exact) mass is 294 g/mol. The Morgan fingerprint density at radius 3 is 2.76 bits per heavy atom. The Morgan fingerprint density at radius 2 is 2.06 bits per heavy atom. The summed E-state index contributed by atoms with van der Waals surface area (Å²) < 4.78 is 11.6. The van der Waals surface area contributed by atoms with E-state index in [0.29, 0.717) is 23.1 Å². The number of halogens is 1. The summed E-state index contributed by atoms with van der Waals surface area (Å²) in [7, 11) is 1.56. The molecular formula is C12H11BrN2O2. The highest BCUT2D eigenvalue weighted by Crippen LogP contribution is 2.34. The first kappa shape index (κ1) is 11.7. The highest BCUT2D eigenvalue weighted by atomic mass is 79.9. The number of nitrogens with zero attached hydrogens (tertiary/aromatic N) is 1. The zero-order valence-corrected chi connectivity index (χ0v) is 10.8. The van der Waals surface area contributed by atoms with Crippen LogP contribution in [0.5, 0.6) is 17.4 Å². The van der Waals surface area contributed by atoms with Crippen molar-refractivity contribution in [1.29, 1.82) is 0 Å². The molecule has 0 aliphatic rings. The minimum absolute atomic E-state index is 0.482. The summed E-state index contributed by atoms with van der Waals surface area (Å²) in [4.78, 5) is 4.12. The molecule has 0 fully saturated rings. The minimum Gasteiger partial charge on any atom is -0.493 e. The summed E-state index contributed by atoms with van der Waals surface area (Å²) in [5.41, 5.74) is 6.29. The number of anilines is 1. The van der Waals surface area contributed by atoms with E-state index in [1.165, 1.54) is 0 Å². The molecule has 1 heterocycles. The van der Waals surface area contributed by atoms with E-state index in [2.05, 4.69) is 20.9 Å². The van der Waals surface area contributed by atoms with Crippen LogP contribution >= 0.6 is 15.9 Å². The number of methoxy groups -OCH3 is 1. The van der Waals surface area contributed by atoms with E-state index in [-0.39, 0.29) is 0 Å². The number of benzene rings is 1. The lowest BCUT2D eigenvalue weighted by Gasteiger charge is -2.10. The molecule has 0 radical (unpaired) electrons. The maximum atomic E-state index is 5.67. The van der Waals surface area contributed by atoms with Gasteiger partial charge in [0.2, 0.25) is 5.88 Å². The van der Waals surface area contributed by atoms with Gasteiger partial charge in [0.05, 0.1) is 11.6 Å². The average Bonchev–Trinajstić information content (AvgIpc) is 2.34. The lowest BCUT2D eigenvalue weighted by Crippen LogP contribution is -1.94. The van der Waals surface area contributed by atoms with Gasteiger partial charge in [-0.3, -0.25) is 0 Å². The summed E-state index contributed by atoms with van der Waals surface area (Å²) in [6.45, 7) is 0. The predicted octanol–water partition coefficient (Wildman–Crippen LogP) is 3.23. The van der Waals surface area contributed by atoms with Gasteiger partial charge in [0.1, 0.15) is 0 Å². The summed E-state index contributed by atoms with van der Waals surface area (Å²) in [6.07, 6.45) is 1.66. The number of hydrogen-bond donors (Lipinski definition) is 1. The van der Waals surface area contributed by atoms with Crippen molar-refractivity contribution in [2.75, 3.05) is 12.8 Å². The average molecular weight is 295 g/mol. The van der Waals surface area contributed by atoms with E-state index in [1.54, 1.807) is 31.5 Å². The van der Waals surface area contributed by atoms with Crippen LogP contribution in [0.2, 0.25) is 0 Å². The van der Waals surface area contributed by atoms with E-state index in [1.807, 2.05) is 12.1 Å². The van der Waals surface area contributed by atoms with Crippen molar-refractivity contribution < 1.29 is 9.47 Å². The molecule has 2 N–H and O–H groups in total. The van der Waals surface area contributed by atoms with Crippen LogP contribution in [0.25, 0.3) is 0 Å². The third kappa shape index (κ3) is 2.68. The number of aromatic nitrogens is 1. The van der Waals surface area contributed by atoms with Gasteiger partial charge in [0.15, 0.2) is 11.5 Å². The molecule has 2 aromatic rings. The van der Waals surface area contributed by atoms with E-state index in [4.69, 9.17) is 15.2 Å². The topological polar surface area (TPSA) is 57.4 Å². The second-order valence-electron chi connectivity index (χ2n) is 3.30. The molecule has 2 rings (SSSR count). The van der Waals surface area contributed by atoms with Crippen LogP contribution < -0.4 is 15.2 Å². The van der Waals surface area contributed by atoms with Crippen LogP contribution in [-0.2, 0) is 0 Å². The van der Waals surface area contributed by atoms with Gasteiger partial charge < -0.3 is 15.2 Å². The molecule has 0 atom stereocenters. The molecule has 0 amide bonds. The minimum atomic E-state index is 0.482. The van der Waals surface area contributed by atoms with Crippen LogP contribution in [0, 0.1) is 0 Å². The number of rotatable bonds is 3. The van der Waals surface area contributed by atoms with E-state index in [0.717, 1.165) is 4.47 Å². The molecule has 88 valence electrons. The van der Waals surface area contributed by atoms with Gasteiger partial charge in [-0.1, -0.05) is 0 Å². The van der Waals surface area contributed by atoms with Gasteiger partial charge in [-0.2, -0.15) is 0 Å². The Labute approximate surface area is 108 Å². The molecule has 0 aliphatic heterocycles. The molecule has 17 heavy (non-hydrogen) atoms. The van der Waals surface area contributed by atoms with E-state index in [9.17, 15) is 0 Å². The lowest BCUT2D eigenvalue weighted by atomic mass is 10.3. The predicted molar refractivity (Wildman–Crippen MR) is 69.4 cm³/mol. The van der Waals surface area contributed by atoms with Gasteiger partial charge in [-0.25, -0.2) is 4.98 Å². The molecule has 0 spiro atoms. The first-order chi connectivity index (χ1) is 8.20. The lowest BCUT2D eigenvalue weighted by molar-refractivity contribution is 0.373. The van der Waals surface area contributed by atoms with Crippen molar-refractivity contribution in [2.45, 2.75) is 0 Å². The zero-order chi connectivity index (χ0) is 12.3. The molecule has 1 aromatic heterocycles. The van der Waals surface area contributed by atoms with Gasteiger partial charge >= 0.3 is 0 Å². The highest BCUT2D eigenvalue weighted by molar-refractivity contribution is 9.10. The summed E-state index contributed by atoms with van der Waals surface area (Å²) >= 11 is 3.36. The third-order valence-corrected chi connectivity index (χ3v) is 2.72. The highest BCUT2D eigenvalue weighted by Gasteiger charge is 2.08. The number of nitrogens with two attached hydrogens (primary N) is 1. The SMILES string of the molecule is COc1cc(N)ccc1Oc1ncccc1Br. The molecule has 0 saturated carbocycles. The molecule has 4 nitrogen and oxygen atoms in total. The number of ether oxygens (including phenoxy) is 2. The summed E-state index contributed by atoms with van der Waals surface area (Å²) in [6, 6.07) is 8.86. The fourth-order valence-corrected chi connectivity index (χ4v) is 1.65. The van der Waals surface area contributed by atoms with Crippen LogP contribution in [0.15, 0.2) is 41.0 Å². The van der Waals surface area contributed by atoms with Crippen LogP contribution in [0.1, 0.15) is 0 Å². The molecule has 0 aliphatic carbocycles. The zero-order valence-electron chi connectivity index (χ0n) is 9.18. The first-order valence-electron chi connectivity index (χ1n) is 4.92. The van der Waals surface area contributed by atoms with E-state index < -0.39 is 0 Å². The normalized spacial score (nSPS) is 10.0. The maximum Gasteiger partial charge on any atom is 0.233 e. The van der Waals surface area contributed by atoms with Crippen molar-refractivity contribution >= 4 is 21.6 Å². The van der Waals surface area contributed by atoms with Crippen molar-refractivity contribution in [3.05, 3.63) is 41.0 Å². The summed E-state index contributed by atoms with van der Waals surface area (Å²) in [5, 5.41) is 0. The van der Waals surface area contributed by atoms with Gasteiger partial charge in [-0.05, 0) is 40.2 Å². The van der Waals surface area contributed by atoms with Gasteiger partial charge in [0.25, 0.3) is 0 Å². The second-order valence-corrected chi connectivity index (χ2v) is 4.16. The van der Waals surface area contributed by atoms with Crippen molar-refractivity contribution in [3.63, 3.8) is 0 Å². The maximum absolute atomic E-state index is 5.67. The van der Waals surface area contributed by atoms with Crippen molar-refractivity contribution in [2.24, 2.45) is 0 Å². The van der Waals surface area contributed by atoms with Crippen LogP contribution in [0.4, 0.5) is 5.69 Å². The Bertz CT molecular complexity index is 532. The molecular weight excluding hydrogens is 284 g/mol. The second kappa shape index (κ2) is 5.05. The Kier molecular flexibility index (Phi) is 3.49. The van der Waals surface area contributed by atoms with E-state index >= 15 is 0 Å². The molecule has 5 heteroatoms. The van der Waals surface area contributed by atoms with Gasteiger partial charge in [0, 0.05) is 18.0 Å². The van der Waals surface area contributed by atoms with Crippen LogP contribution in [-0.4, -0.2) is 12.1 Å². The smallest absolute Gasteiger partial charge is 0.233 e. The van der Waals surface area contributed by atoms with Crippen LogP contribution in [0.3, 0.4) is 0 Å². The molecule has 1 aromatic carbocycles. The number of hydrogen-bond acceptors (Lipinski definition) is 4. The number of pyridine rings is 1. The van der Waals surface area contributed by atoms with Gasteiger partial charge in [-0.15, -0.1) is 0 Å². The fourth-order valence-electron chi connectivity index (χ4n) is 1.32. The number of nitrogen functional groups attached to an aromatic ring is 1. The largest absolute Gasteiger partial charge is 0.493 e. The molecule has 0 bridgehead atoms. The molecule has 0 unspecified atom stereocenters. The molecule has 0 saturated heterocycles. The summed E-state index contributed by atoms with van der Waals surface area (Å²) in [5.74, 6) is 1.62. The Balaban J connectivity index is 2.33.